The summed E-state index contributed by atoms with van der Waals surface area (Å²) >= 11 is 2.21. The minimum absolute atomic E-state index is 0.0227. The molecule has 2 nitrogen and oxygen atoms in total. The topological polar surface area (TPSA) is 29.1 Å². The van der Waals surface area contributed by atoms with E-state index >= 15 is 0 Å². The highest BCUT2D eigenvalue weighted by Gasteiger charge is 2.08. The van der Waals surface area contributed by atoms with Crippen LogP contribution in [-0.4, -0.2) is 11.9 Å². The third kappa shape index (κ3) is 4.20. The molecule has 1 N–H and O–H groups in total. The predicted octanol–water partition coefficient (Wildman–Crippen LogP) is 3.21. The monoisotopic (exact) mass is 317 g/mol. The van der Waals surface area contributed by atoms with Crippen LogP contribution in [0.5, 0.6) is 0 Å². The maximum atomic E-state index is 11.8. The van der Waals surface area contributed by atoms with Crippen LogP contribution in [-0.2, 0) is 0 Å². The summed E-state index contributed by atoms with van der Waals surface area (Å²) in [5.41, 5.74) is 0.741. The quantitative estimate of drug-likeness (QED) is 0.849. The molecule has 0 radical (unpaired) electrons. The highest BCUT2D eigenvalue weighted by Crippen LogP contribution is 2.08. The molecule has 0 saturated carbocycles. The second kappa shape index (κ2) is 6.10. The Morgan fingerprint density at radius 3 is 2.87 bits per heavy atom. The Hall–Kier alpha value is -0.580. The highest BCUT2D eigenvalue weighted by atomic mass is 127. The van der Waals surface area contributed by atoms with Gasteiger partial charge >= 0.3 is 0 Å². The second-order valence-corrected chi connectivity index (χ2v) is 4.92. The summed E-state index contributed by atoms with van der Waals surface area (Å²) in [6.07, 6.45) is 2.11. The van der Waals surface area contributed by atoms with E-state index in [1.165, 1.54) is 0 Å². The number of nitrogens with one attached hydrogen (secondary N) is 1. The van der Waals surface area contributed by atoms with Gasteiger partial charge < -0.3 is 5.32 Å². The largest absolute Gasteiger partial charge is 0.350 e. The third-order valence-corrected chi connectivity index (χ3v) is 2.86. The molecule has 1 aromatic rings. The number of carbonyl (C=O) groups is 1. The lowest BCUT2D eigenvalue weighted by Gasteiger charge is -2.12. The molecule has 1 rings (SSSR count). The fourth-order valence-electron chi connectivity index (χ4n) is 1.44. The zero-order valence-electron chi connectivity index (χ0n) is 9.09. The van der Waals surface area contributed by atoms with Gasteiger partial charge in [-0.2, -0.15) is 0 Å². The van der Waals surface area contributed by atoms with Crippen LogP contribution in [0.4, 0.5) is 0 Å². The van der Waals surface area contributed by atoms with Gasteiger partial charge in [-0.3, -0.25) is 4.79 Å². The average molecular weight is 317 g/mol. The number of hydrogen-bond donors (Lipinski definition) is 1. The molecule has 1 aromatic carbocycles. The van der Waals surface area contributed by atoms with E-state index in [0.717, 1.165) is 22.0 Å². The van der Waals surface area contributed by atoms with E-state index in [4.69, 9.17) is 0 Å². The van der Waals surface area contributed by atoms with E-state index in [1.807, 2.05) is 31.2 Å². The molecule has 0 bridgehead atoms. The van der Waals surface area contributed by atoms with E-state index < -0.39 is 0 Å². The molecule has 0 fully saturated rings. The molecule has 15 heavy (non-hydrogen) atoms. The van der Waals surface area contributed by atoms with Crippen molar-refractivity contribution in [2.45, 2.75) is 32.7 Å². The van der Waals surface area contributed by atoms with Gasteiger partial charge in [0.1, 0.15) is 0 Å². The number of carbonyl (C=O) groups excluding carboxylic acids is 1. The Morgan fingerprint density at radius 1 is 1.53 bits per heavy atom. The van der Waals surface area contributed by atoms with E-state index in [-0.39, 0.29) is 11.9 Å². The lowest BCUT2D eigenvalue weighted by molar-refractivity contribution is 0.0938. The smallest absolute Gasteiger partial charge is 0.251 e. The average Bonchev–Trinajstić information content (AvgIpc) is 2.18. The van der Waals surface area contributed by atoms with Crippen molar-refractivity contribution in [2.75, 3.05) is 0 Å². The molecule has 0 aromatic heterocycles. The second-order valence-electron chi connectivity index (χ2n) is 3.67. The molecule has 0 unspecified atom stereocenters. The number of amides is 1. The Morgan fingerprint density at radius 2 is 2.27 bits per heavy atom. The van der Waals surface area contributed by atoms with E-state index in [9.17, 15) is 4.79 Å². The summed E-state index contributed by atoms with van der Waals surface area (Å²) in [5, 5.41) is 2.98. The van der Waals surface area contributed by atoms with Gasteiger partial charge in [-0.25, -0.2) is 0 Å². The minimum Gasteiger partial charge on any atom is -0.350 e. The van der Waals surface area contributed by atoms with Gasteiger partial charge in [-0.05, 0) is 54.1 Å². The van der Waals surface area contributed by atoms with Crippen LogP contribution >= 0.6 is 22.6 Å². The molecule has 82 valence electrons. The number of halogens is 1. The lowest BCUT2D eigenvalue weighted by Crippen LogP contribution is -2.32. The molecule has 0 spiro atoms. The minimum atomic E-state index is 0.0227. The van der Waals surface area contributed by atoms with Crippen molar-refractivity contribution < 1.29 is 4.79 Å². The number of rotatable bonds is 4. The maximum absolute atomic E-state index is 11.8. The Labute approximate surface area is 105 Å². The molecular formula is C12H16INO. The van der Waals surface area contributed by atoms with Crippen LogP contribution in [0.15, 0.2) is 24.3 Å². The van der Waals surface area contributed by atoms with Crippen LogP contribution in [0.1, 0.15) is 37.0 Å². The van der Waals surface area contributed by atoms with Gasteiger partial charge in [0.05, 0.1) is 0 Å². The first-order chi connectivity index (χ1) is 7.13. The standard InChI is InChI=1S/C12H16INO/c1-3-5-9(2)14-12(15)10-6-4-7-11(13)8-10/h4,6-9H,3,5H2,1-2H3,(H,14,15)/t9-/m0/s1. The molecule has 0 heterocycles. The van der Waals surface area contributed by atoms with Crippen LogP contribution in [0.25, 0.3) is 0 Å². The molecule has 0 aliphatic heterocycles. The van der Waals surface area contributed by atoms with Crippen molar-refractivity contribution in [1.29, 1.82) is 0 Å². The SMILES string of the molecule is CCC[C@H](C)NC(=O)c1cccc(I)c1. The van der Waals surface area contributed by atoms with Gasteiger partial charge in [0.15, 0.2) is 0 Å². The first kappa shape index (κ1) is 12.5. The maximum Gasteiger partial charge on any atom is 0.251 e. The van der Waals surface area contributed by atoms with Crippen molar-refractivity contribution in [3.05, 3.63) is 33.4 Å². The van der Waals surface area contributed by atoms with Crippen LogP contribution < -0.4 is 5.32 Å². The Balaban J connectivity index is 2.61. The highest BCUT2D eigenvalue weighted by molar-refractivity contribution is 14.1. The summed E-state index contributed by atoms with van der Waals surface area (Å²) in [6.45, 7) is 4.16. The molecule has 1 atom stereocenters. The zero-order chi connectivity index (χ0) is 11.3. The first-order valence-corrected chi connectivity index (χ1v) is 6.27. The fraction of sp³-hybridized carbons (Fsp3) is 0.417. The predicted molar refractivity (Wildman–Crippen MR) is 71.0 cm³/mol. The summed E-state index contributed by atoms with van der Waals surface area (Å²) in [7, 11) is 0. The van der Waals surface area contributed by atoms with Crippen molar-refractivity contribution >= 4 is 28.5 Å². The van der Waals surface area contributed by atoms with Crippen LogP contribution in [0, 0.1) is 3.57 Å². The number of hydrogen-bond acceptors (Lipinski definition) is 1. The van der Waals surface area contributed by atoms with E-state index in [1.54, 1.807) is 0 Å². The van der Waals surface area contributed by atoms with Gasteiger partial charge in [0.2, 0.25) is 0 Å². The van der Waals surface area contributed by atoms with E-state index in [2.05, 4.69) is 34.8 Å². The molecule has 3 heteroatoms. The third-order valence-electron chi connectivity index (χ3n) is 2.19. The molecule has 0 saturated heterocycles. The zero-order valence-corrected chi connectivity index (χ0v) is 11.2. The van der Waals surface area contributed by atoms with Gasteiger partial charge in [0, 0.05) is 15.2 Å². The first-order valence-electron chi connectivity index (χ1n) is 5.20. The summed E-state index contributed by atoms with van der Waals surface area (Å²) in [5.74, 6) is 0.0227. The Kier molecular flexibility index (Phi) is 5.08. The van der Waals surface area contributed by atoms with E-state index in [0.29, 0.717) is 0 Å². The number of benzene rings is 1. The molecular weight excluding hydrogens is 301 g/mol. The summed E-state index contributed by atoms with van der Waals surface area (Å²) in [4.78, 5) is 11.8. The van der Waals surface area contributed by atoms with Crippen molar-refractivity contribution in [3.63, 3.8) is 0 Å². The molecule has 0 aliphatic rings. The van der Waals surface area contributed by atoms with Crippen molar-refractivity contribution in [1.82, 2.24) is 5.32 Å². The summed E-state index contributed by atoms with van der Waals surface area (Å²) in [6, 6.07) is 7.87. The van der Waals surface area contributed by atoms with Gasteiger partial charge in [-0.15, -0.1) is 0 Å². The summed E-state index contributed by atoms with van der Waals surface area (Å²) < 4.78 is 1.09. The molecule has 0 aliphatic carbocycles. The van der Waals surface area contributed by atoms with Crippen LogP contribution in [0.2, 0.25) is 0 Å². The lowest BCUT2D eigenvalue weighted by atomic mass is 10.1. The molecule has 1 amide bonds. The fourth-order valence-corrected chi connectivity index (χ4v) is 1.99. The Bertz CT molecular complexity index is 338. The van der Waals surface area contributed by atoms with Gasteiger partial charge in [-0.1, -0.05) is 19.4 Å². The van der Waals surface area contributed by atoms with Crippen molar-refractivity contribution in [3.8, 4) is 0 Å². The van der Waals surface area contributed by atoms with Crippen LogP contribution in [0.3, 0.4) is 0 Å². The van der Waals surface area contributed by atoms with Gasteiger partial charge in [0.25, 0.3) is 5.91 Å². The van der Waals surface area contributed by atoms with Crippen molar-refractivity contribution in [2.24, 2.45) is 0 Å². The normalized spacial score (nSPS) is 12.2.